The number of carboxylic acid groups (broad SMARTS) is 1. The molecule has 0 radical (unpaired) electrons. The van der Waals surface area contributed by atoms with Gasteiger partial charge in [-0.15, -0.1) is 11.3 Å². The minimum Gasteiger partial charge on any atom is -0.488 e. The molecule has 1 unspecified atom stereocenters. The highest BCUT2D eigenvalue weighted by Gasteiger charge is 2.43. The van der Waals surface area contributed by atoms with Crippen molar-refractivity contribution in [3.63, 3.8) is 0 Å². The van der Waals surface area contributed by atoms with Gasteiger partial charge < -0.3 is 24.2 Å². The van der Waals surface area contributed by atoms with Crippen molar-refractivity contribution in [1.82, 2.24) is 9.88 Å². The second-order valence-electron chi connectivity index (χ2n) is 13.1. The topological polar surface area (TPSA) is 84.4 Å². The number of aryl methyl sites for hydroxylation is 2. The van der Waals surface area contributed by atoms with Crippen LogP contribution >= 0.6 is 11.3 Å². The molecular formula is C35H45N3O5S. The van der Waals surface area contributed by atoms with E-state index in [9.17, 15) is 9.90 Å². The molecule has 44 heavy (non-hydrogen) atoms. The first-order chi connectivity index (χ1) is 21.1. The molecule has 2 aromatic carbocycles. The van der Waals surface area contributed by atoms with Crippen LogP contribution in [0.2, 0.25) is 0 Å². The number of thiazole rings is 1. The summed E-state index contributed by atoms with van der Waals surface area (Å²) in [6, 6.07) is 8.54. The molecule has 4 heterocycles. The number of nitrogens with zero attached hydrogens (tertiary/aromatic N) is 3. The van der Waals surface area contributed by atoms with Crippen molar-refractivity contribution in [2.75, 3.05) is 50.9 Å². The van der Waals surface area contributed by atoms with Crippen LogP contribution in [-0.4, -0.2) is 73.1 Å². The summed E-state index contributed by atoms with van der Waals surface area (Å²) in [5.74, 6) is 0.189. The first-order valence-electron chi connectivity index (χ1n) is 15.8. The number of carbonyl (C=O) groups is 1. The first-order valence-corrected chi connectivity index (χ1v) is 16.7. The predicted molar refractivity (Wildman–Crippen MR) is 174 cm³/mol. The number of benzene rings is 2. The third-order valence-electron chi connectivity index (χ3n) is 10.2. The summed E-state index contributed by atoms with van der Waals surface area (Å²) >= 11 is 1.61. The van der Waals surface area contributed by atoms with Gasteiger partial charge in [0, 0.05) is 43.7 Å². The van der Waals surface area contributed by atoms with Crippen LogP contribution in [0.15, 0.2) is 29.6 Å². The molecule has 0 amide bonds. The second-order valence-corrected chi connectivity index (χ2v) is 13.9. The summed E-state index contributed by atoms with van der Waals surface area (Å²) in [7, 11) is 0. The quantitative estimate of drug-likeness (QED) is 0.328. The number of anilines is 1. The Balaban J connectivity index is 1.16. The number of aromatic nitrogens is 1. The van der Waals surface area contributed by atoms with Crippen molar-refractivity contribution in [2.45, 2.75) is 66.7 Å². The van der Waals surface area contributed by atoms with Crippen LogP contribution in [0, 0.1) is 32.1 Å². The smallest absolute Gasteiger partial charge is 0.309 e. The zero-order chi connectivity index (χ0) is 31.0. The number of hydrogen-bond acceptors (Lipinski definition) is 8. The van der Waals surface area contributed by atoms with E-state index in [1.165, 1.54) is 27.8 Å². The molecule has 9 heteroatoms. The van der Waals surface area contributed by atoms with E-state index in [0.29, 0.717) is 45.9 Å². The summed E-state index contributed by atoms with van der Waals surface area (Å²) in [5, 5.41) is 12.8. The van der Waals surface area contributed by atoms with Crippen molar-refractivity contribution < 1.29 is 24.1 Å². The maximum absolute atomic E-state index is 11.9. The molecule has 0 saturated carbocycles. The standard InChI is InChI=1S/C35H45N3O5S/c1-22-7-6-8-29(31-21-44-34(36-31)38-12-10-35(5,33(39)40)24(3)16-38)32(22)43-19-26-15-23(2)30-18-37(11-9-28(30)25(26)4)17-27-20-41-13-14-42-27/h6-8,15,21,24,27H,9-14,16-20H2,1-5H3,(H,39,40)/t24-,27?,35-/m0/s1. The predicted octanol–water partition coefficient (Wildman–Crippen LogP) is 6.02. The van der Waals surface area contributed by atoms with Gasteiger partial charge in [0.1, 0.15) is 12.4 Å². The van der Waals surface area contributed by atoms with E-state index in [4.69, 9.17) is 19.2 Å². The second kappa shape index (κ2) is 12.8. The highest BCUT2D eigenvalue weighted by Crippen LogP contribution is 2.41. The van der Waals surface area contributed by atoms with E-state index in [0.717, 1.165) is 53.8 Å². The van der Waals surface area contributed by atoms with Crippen molar-refractivity contribution in [3.8, 4) is 17.0 Å². The monoisotopic (exact) mass is 619 g/mol. The zero-order valence-corrected chi connectivity index (χ0v) is 27.5. The molecule has 236 valence electrons. The Morgan fingerprint density at radius 3 is 2.77 bits per heavy atom. The molecule has 2 fully saturated rings. The van der Waals surface area contributed by atoms with Gasteiger partial charge in [0.25, 0.3) is 0 Å². The number of carboxylic acids is 1. The average molecular weight is 620 g/mol. The van der Waals surface area contributed by atoms with Gasteiger partial charge in [0.2, 0.25) is 0 Å². The average Bonchev–Trinajstić information content (AvgIpc) is 3.51. The van der Waals surface area contributed by atoms with Gasteiger partial charge in [-0.05, 0) is 85.9 Å². The Hall–Kier alpha value is -2.98. The lowest BCUT2D eigenvalue weighted by atomic mass is 9.73. The largest absolute Gasteiger partial charge is 0.488 e. The summed E-state index contributed by atoms with van der Waals surface area (Å²) in [5.41, 5.74) is 9.06. The number of aliphatic carboxylic acids is 1. The van der Waals surface area contributed by atoms with Crippen LogP contribution in [-0.2, 0) is 33.8 Å². The van der Waals surface area contributed by atoms with Gasteiger partial charge in [-0.3, -0.25) is 9.69 Å². The highest BCUT2D eigenvalue weighted by atomic mass is 32.1. The fraction of sp³-hybridized carbons (Fsp3) is 0.543. The molecule has 3 aliphatic heterocycles. The number of para-hydroxylation sites is 1. The van der Waals surface area contributed by atoms with Crippen LogP contribution in [0.25, 0.3) is 11.3 Å². The maximum Gasteiger partial charge on any atom is 0.309 e. The van der Waals surface area contributed by atoms with E-state index in [1.807, 2.05) is 13.8 Å². The molecule has 3 aromatic rings. The summed E-state index contributed by atoms with van der Waals surface area (Å²) in [6.45, 7) is 17.3. The lowest BCUT2D eigenvalue weighted by Gasteiger charge is -2.41. The van der Waals surface area contributed by atoms with Crippen molar-refractivity contribution >= 4 is 22.4 Å². The minimum absolute atomic E-state index is 0.0332. The molecule has 3 aliphatic rings. The maximum atomic E-state index is 11.9. The number of rotatable bonds is 8. The Morgan fingerprint density at radius 1 is 1.18 bits per heavy atom. The van der Waals surface area contributed by atoms with Crippen LogP contribution in [0.1, 0.15) is 53.6 Å². The lowest BCUT2D eigenvalue weighted by Crippen LogP contribution is -2.48. The number of hydrogen-bond donors (Lipinski definition) is 1. The van der Waals surface area contributed by atoms with E-state index < -0.39 is 11.4 Å². The Labute approximate surface area is 265 Å². The van der Waals surface area contributed by atoms with E-state index in [-0.39, 0.29) is 12.0 Å². The van der Waals surface area contributed by atoms with Crippen molar-refractivity contribution in [1.29, 1.82) is 0 Å². The Kier molecular flexibility index (Phi) is 9.02. The number of ether oxygens (including phenoxy) is 3. The molecule has 0 spiro atoms. The Bertz CT molecular complexity index is 1520. The number of fused-ring (bicyclic) bond motifs is 1. The van der Waals surface area contributed by atoms with Gasteiger partial charge in [-0.2, -0.15) is 0 Å². The third-order valence-corrected chi connectivity index (χ3v) is 11.1. The van der Waals surface area contributed by atoms with E-state index in [1.54, 1.807) is 11.3 Å². The van der Waals surface area contributed by atoms with Crippen molar-refractivity contribution in [2.24, 2.45) is 11.3 Å². The van der Waals surface area contributed by atoms with Crippen molar-refractivity contribution in [3.05, 3.63) is 63.0 Å². The lowest BCUT2D eigenvalue weighted by molar-refractivity contribution is -0.152. The molecule has 2 saturated heterocycles. The molecule has 6 rings (SSSR count). The minimum atomic E-state index is -0.711. The molecule has 8 nitrogen and oxygen atoms in total. The zero-order valence-electron chi connectivity index (χ0n) is 26.6. The van der Waals surface area contributed by atoms with Crippen LogP contribution < -0.4 is 9.64 Å². The molecule has 0 bridgehead atoms. The molecule has 1 N–H and O–H groups in total. The van der Waals surface area contributed by atoms with Gasteiger partial charge >= 0.3 is 5.97 Å². The van der Waals surface area contributed by atoms with Crippen LogP contribution in [0.3, 0.4) is 0 Å². The first kappa shape index (κ1) is 31.0. The summed E-state index contributed by atoms with van der Waals surface area (Å²) < 4.78 is 18.2. The third kappa shape index (κ3) is 6.12. The SMILES string of the molecule is Cc1cc(COc2c(C)cccc2-c2csc(N3CC[C@](C)(C(=O)O)[C@@H](C)C3)n2)c(C)c2c1CN(CC1COCCO1)CC2. The van der Waals surface area contributed by atoms with Gasteiger partial charge in [0.05, 0.1) is 37.0 Å². The molecular weight excluding hydrogens is 574 g/mol. The normalized spacial score (nSPS) is 24.2. The molecule has 0 aliphatic carbocycles. The number of piperidine rings is 1. The van der Waals surface area contributed by atoms with E-state index in [2.05, 4.69) is 60.2 Å². The summed E-state index contributed by atoms with van der Waals surface area (Å²) in [4.78, 5) is 21.6. The Morgan fingerprint density at radius 2 is 2.02 bits per heavy atom. The summed E-state index contributed by atoms with van der Waals surface area (Å²) in [6.07, 6.45) is 1.80. The van der Waals surface area contributed by atoms with Gasteiger partial charge in [-0.25, -0.2) is 4.98 Å². The van der Waals surface area contributed by atoms with E-state index >= 15 is 0 Å². The van der Waals surface area contributed by atoms with Crippen LogP contribution in [0.5, 0.6) is 5.75 Å². The fourth-order valence-corrected chi connectivity index (χ4v) is 7.80. The molecule has 3 atom stereocenters. The van der Waals surface area contributed by atoms with Gasteiger partial charge in [-0.1, -0.05) is 25.1 Å². The fourth-order valence-electron chi connectivity index (χ4n) is 6.94. The molecule has 1 aromatic heterocycles. The highest BCUT2D eigenvalue weighted by molar-refractivity contribution is 7.14. The van der Waals surface area contributed by atoms with Gasteiger partial charge in [0.15, 0.2) is 5.13 Å². The van der Waals surface area contributed by atoms with Crippen LogP contribution in [0.4, 0.5) is 5.13 Å².